The molecule has 39 heavy (non-hydrogen) atoms. The highest BCUT2D eigenvalue weighted by Crippen LogP contribution is 2.35. The van der Waals surface area contributed by atoms with E-state index < -0.39 is 45.4 Å². The lowest BCUT2D eigenvalue weighted by Crippen LogP contribution is -2.58. The van der Waals surface area contributed by atoms with Crippen molar-refractivity contribution in [2.24, 2.45) is 0 Å². The van der Waals surface area contributed by atoms with Crippen molar-refractivity contribution in [3.05, 3.63) is 59.7 Å². The zero-order chi connectivity index (χ0) is 28.8. The summed E-state index contributed by atoms with van der Waals surface area (Å²) in [6.07, 6.45) is -0.867. The molecule has 13 heteroatoms. The quantitative estimate of drug-likeness (QED) is 0.337. The van der Waals surface area contributed by atoms with E-state index in [0.29, 0.717) is 22.6 Å². The molecule has 1 unspecified atom stereocenters. The molecule has 0 saturated carbocycles. The summed E-state index contributed by atoms with van der Waals surface area (Å²) in [6.45, 7) is 6.30. The topological polar surface area (TPSA) is 169 Å². The van der Waals surface area contributed by atoms with E-state index in [9.17, 15) is 27.9 Å². The number of fused-ring (bicyclic) bond motifs is 1. The van der Waals surface area contributed by atoms with Crippen LogP contribution >= 0.6 is 0 Å². The molecule has 0 spiro atoms. The number of carbonyl (C=O) groups is 3. The van der Waals surface area contributed by atoms with Gasteiger partial charge in [0.2, 0.25) is 21.7 Å². The molecular formula is C26H33N3O9S. The molecule has 2 atom stereocenters. The number of ether oxygens (including phenoxy) is 3. The van der Waals surface area contributed by atoms with Gasteiger partial charge in [-0.05, 0) is 57.4 Å². The van der Waals surface area contributed by atoms with Gasteiger partial charge in [-0.25, -0.2) is 17.9 Å². The number of hydrogen-bond acceptors (Lipinski definition) is 8. The predicted molar refractivity (Wildman–Crippen MR) is 141 cm³/mol. The molecule has 4 N–H and O–H groups in total. The molecule has 0 saturated heterocycles. The van der Waals surface area contributed by atoms with Gasteiger partial charge in [0.25, 0.3) is 0 Å². The third kappa shape index (κ3) is 9.45. The second kappa shape index (κ2) is 11.9. The Morgan fingerprint density at radius 3 is 2.41 bits per heavy atom. The smallest absolute Gasteiger partial charge is 0.408 e. The summed E-state index contributed by atoms with van der Waals surface area (Å²) in [7, 11) is -3.92. The van der Waals surface area contributed by atoms with E-state index in [1.54, 1.807) is 76.2 Å². The van der Waals surface area contributed by atoms with E-state index in [2.05, 4.69) is 15.4 Å². The molecule has 0 radical (unpaired) electrons. The van der Waals surface area contributed by atoms with Crippen molar-refractivity contribution in [2.45, 2.75) is 57.2 Å². The van der Waals surface area contributed by atoms with Gasteiger partial charge in [0.05, 0.1) is 5.75 Å². The van der Waals surface area contributed by atoms with E-state index in [4.69, 9.17) is 14.2 Å². The Balaban J connectivity index is 1.59. The second-order valence-corrected chi connectivity index (χ2v) is 12.0. The molecule has 1 heterocycles. The number of benzene rings is 2. The number of aliphatic carboxylic acids is 1. The first kappa shape index (κ1) is 29.7. The molecule has 212 valence electrons. The van der Waals surface area contributed by atoms with Crippen molar-refractivity contribution in [3.8, 4) is 11.5 Å². The zero-order valence-electron chi connectivity index (χ0n) is 22.1. The Morgan fingerprint density at radius 1 is 1.08 bits per heavy atom. The summed E-state index contributed by atoms with van der Waals surface area (Å²) >= 11 is 0. The molecule has 2 aromatic carbocycles. The molecular weight excluding hydrogens is 530 g/mol. The molecule has 0 bridgehead atoms. The van der Waals surface area contributed by atoms with Crippen LogP contribution in [0, 0.1) is 0 Å². The van der Waals surface area contributed by atoms with Crippen molar-refractivity contribution in [1.82, 2.24) is 15.4 Å². The van der Waals surface area contributed by atoms with E-state index in [1.165, 1.54) is 0 Å². The molecule has 0 aliphatic carbocycles. The molecule has 0 aromatic heterocycles. The van der Waals surface area contributed by atoms with Crippen LogP contribution in [0.15, 0.2) is 48.5 Å². The number of nitrogens with one attached hydrogen (secondary N) is 3. The highest BCUT2D eigenvalue weighted by atomic mass is 32.2. The van der Waals surface area contributed by atoms with Crippen molar-refractivity contribution in [3.63, 3.8) is 0 Å². The molecule has 1 aliphatic heterocycles. The first-order chi connectivity index (χ1) is 18.1. The van der Waals surface area contributed by atoms with Gasteiger partial charge >= 0.3 is 12.1 Å². The van der Waals surface area contributed by atoms with Crippen LogP contribution in [0.1, 0.15) is 38.8 Å². The number of carboxylic acid groups (broad SMARTS) is 1. The summed E-state index contributed by atoms with van der Waals surface area (Å²) in [5.74, 6) is -1.60. The molecule has 0 fully saturated rings. The van der Waals surface area contributed by atoms with E-state index in [-0.39, 0.29) is 25.3 Å². The van der Waals surface area contributed by atoms with E-state index in [1.807, 2.05) is 0 Å². The zero-order valence-corrected chi connectivity index (χ0v) is 23.0. The van der Waals surface area contributed by atoms with Crippen LogP contribution in [0.25, 0.3) is 0 Å². The minimum absolute atomic E-state index is 0.0757. The van der Waals surface area contributed by atoms with Gasteiger partial charge in [0.1, 0.15) is 24.8 Å². The van der Waals surface area contributed by atoms with Gasteiger partial charge in [-0.3, -0.25) is 9.59 Å². The van der Waals surface area contributed by atoms with E-state index >= 15 is 0 Å². The van der Waals surface area contributed by atoms with Crippen molar-refractivity contribution in [2.75, 3.05) is 13.2 Å². The van der Waals surface area contributed by atoms with Gasteiger partial charge in [-0.15, -0.1) is 0 Å². The standard InChI is InChI=1S/C26H33N3O9S/c1-25(2,3)38-24(33)27-14-22(30)28-26(4)16-36-21-13-18(10-11-20(21)37-26)12-19(23(31)32)29-39(34,35)15-17-8-6-5-7-9-17/h5-11,13,19,29H,12,14-16H2,1-4H3,(H,27,33)(H,28,30)(H,31,32)/t19-,26?/m0/s1. The third-order valence-corrected chi connectivity index (χ3v) is 6.66. The Morgan fingerprint density at radius 2 is 1.77 bits per heavy atom. The van der Waals surface area contributed by atoms with Crippen LogP contribution < -0.4 is 24.8 Å². The third-order valence-electron chi connectivity index (χ3n) is 5.30. The summed E-state index contributed by atoms with van der Waals surface area (Å²) in [4.78, 5) is 35.9. The fraction of sp³-hybridized carbons (Fsp3) is 0.423. The van der Waals surface area contributed by atoms with Crippen LogP contribution in [0.2, 0.25) is 0 Å². The summed E-state index contributed by atoms with van der Waals surface area (Å²) in [6, 6.07) is 11.7. The van der Waals surface area contributed by atoms with E-state index in [0.717, 1.165) is 0 Å². The SMILES string of the molecule is CC(C)(C)OC(=O)NCC(=O)NC1(C)COc2cc(C[C@H](NS(=O)(=O)Cc3ccccc3)C(=O)O)ccc2O1. The maximum Gasteiger partial charge on any atom is 0.408 e. The minimum Gasteiger partial charge on any atom is -0.483 e. The Labute approximate surface area is 227 Å². The van der Waals surface area contributed by atoms with Crippen LogP contribution in [-0.4, -0.2) is 62.0 Å². The number of carboxylic acids is 1. The maximum absolute atomic E-state index is 12.6. The Kier molecular flexibility index (Phi) is 9.07. The van der Waals surface area contributed by atoms with Crippen LogP contribution in [0.3, 0.4) is 0 Å². The van der Waals surface area contributed by atoms with Gasteiger partial charge in [-0.1, -0.05) is 36.4 Å². The Hall–Kier alpha value is -3.84. The summed E-state index contributed by atoms with van der Waals surface area (Å²) in [5, 5.41) is 14.6. The van der Waals surface area contributed by atoms with Crippen LogP contribution in [0.4, 0.5) is 4.79 Å². The van der Waals surface area contributed by atoms with Gasteiger partial charge in [-0.2, -0.15) is 0 Å². The normalized spacial score (nSPS) is 17.5. The fourth-order valence-electron chi connectivity index (χ4n) is 3.70. The lowest BCUT2D eigenvalue weighted by atomic mass is 10.1. The molecule has 12 nitrogen and oxygen atoms in total. The van der Waals surface area contributed by atoms with Crippen molar-refractivity contribution in [1.29, 1.82) is 0 Å². The lowest BCUT2D eigenvalue weighted by Gasteiger charge is -2.36. The number of sulfonamides is 1. The summed E-state index contributed by atoms with van der Waals surface area (Å²) in [5.41, 5.74) is -0.907. The molecule has 3 rings (SSSR count). The highest BCUT2D eigenvalue weighted by molar-refractivity contribution is 7.88. The van der Waals surface area contributed by atoms with Gasteiger partial charge in [0.15, 0.2) is 11.5 Å². The molecule has 2 amide bonds. The number of carbonyl (C=O) groups excluding carboxylic acids is 2. The number of rotatable bonds is 10. The van der Waals surface area contributed by atoms with Gasteiger partial charge in [0, 0.05) is 0 Å². The minimum atomic E-state index is -3.92. The van der Waals surface area contributed by atoms with Crippen molar-refractivity contribution < 1.29 is 42.1 Å². The number of hydrogen-bond donors (Lipinski definition) is 4. The van der Waals surface area contributed by atoms with Gasteiger partial charge < -0.3 is 30.0 Å². The highest BCUT2D eigenvalue weighted by Gasteiger charge is 2.35. The van der Waals surface area contributed by atoms with Crippen LogP contribution in [-0.2, 0) is 36.5 Å². The average Bonchev–Trinajstić information content (AvgIpc) is 2.81. The Bertz CT molecular complexity index is 1310. The predicted octanol–water partition coefficient (Wildman–Crippen LogP) is 1.93. The fourth-order valence-corrected chi connectivity index (χ4v) is 5.03. The first-order valence-corrected chi connectivity index (χ1v) is 13.8. The number of amides is 2. The number of alkyl carbamates (subject to hydrolysis) is 1. The molecule has 2 aromatic rings. The maximum atomic E-state index is 12.6. The second-order valence-electron chi connectivity index (χ2n) is 10.3. The first-order valence-electron chi connectivity index (χ1n) is 12.1. The monoisotopic (exact) mass is 563 g/mol. The van der Waals surface area contributed by atoms with Crippen LogP contribution in [0.5, 0.6) is 11.5 Å². The largest absolute Gasteiger partial charge is 0.483 e. The summed E-state index contributed by atoms with van der Waals surface area (Å²) < 4.78 is 44.1. The van der Waals surface area contributed by atoms with Crippen molar-refractivity contribution >= 4 is 28.0 Å². The average molecular weight is 564 g/mol. The molecule has 1 aliphatic rings. The lowest BCUT2D eigenvalue weighted by molar-refractivity contribution is -0.139.